The third-order valence-electron chi connectivity index (χ3n) is 2.54. The highest BCUT2D eigenvalue weighted by Crippen LogP contribution is 2.17. The second kappa shape index (κ2) is 5.96. The molecule has 1 aromatic heterocycles. The third-order valence-corrected chi connectivity index (χ3v) is 2.54. The number of benzene rings is 1. The fourth-order valence-electron chi connectivity index (χ4n) is 1.51. The molecule has 7 nitrogen and oxygen atoms in total. The lowest BCUT2D eigenvalue weighted by atomic mass is 10.1. The van der Waals surface area contributed by atoms with Crippen molar-refractivity contribution >= 4 is 11.9 Å². The van der Waals surface area contributed by atoms with Crippen molar-refractivity contribution in [3.05, 3.63) is 35.7 Å². The van der Waals surface area contributed by atoms with Gasteiger partial charge in [0.05, 0.1) is 7.11 Å². The number of hydrogen-bond donors (Lipinski definition) is 1. The number of rotatable bonds is 4. The minimum Gasteiger partial charge on any atom is -0.468 e. The number of methoxy groups -OCH3 is 1. The summed E-state index contributed by atoms with van der Waals surface area (Å²) < 4.78 is 9.46. The van der Waals surface area contributed by atoms with Crippen LogP contribution in [0.25, 0.3) is 11.5 Å². The lowest BCUT2D eigenvalue weighted by molar-refractivity contribution is -0.139. The molecule has 0 spiro atoms. The summed E-state index contributed by atoms with van der Waals surface area (Å²) in [6.07, 6.45) is 0. The van der Waals surface area contributed by atoms with E-state index in [1.807, 2.05) is 0 Å². The minimum atomic E-state index is -0.503. The molecule has 0 aliphatic heterocycles. The van der Waals surface area contributed by atoms with E-state index in [2.05, 4.69) is 20.2 Å². The average Bonchev–Trinajstić information content (AvgIpc) is 2.91. The number of esters is 1. The molecular formula is C13H13N3O4. The maximum absolute atomic E-state index is 11.7. The highest BCUT2D eigenvalue weighted by molar-refractivity contribution is 5.96. The van der Waals surface area contributed by atoms with Crippen LogP contribution in [0.4, 0.5) is 0 Å². The second-order valence-electron chi connectivity index (χ2n) is 3.98. The van der Waals surface area contributed by atoms with Crippen molar-refractivity contribution in [1.82, 2.24) is 15.5 Å². The third kappa shape index (κ3) is 3.19. The van der Waals surface area contributed by atoms with Gasteiger partial charge in [0.1, 0.15) is 6.54 Å². The summed E-state index contributed by atoms with van der Waals surface area (Å²) in [4.78, 5) is 26.8. The average molecular weight is 275 g/mol. The number of aromatic nitrogens is 2. The SMILES string of the molecule is COC(=O)CNC(=O)c1ccc(-c2nc(C)no2)cc1. The molecular weight excluding hydrogens is 262 g/mol. The summed E-state index contributed by atoms with van der Waals surface area (Å²) in [5.41, 5.74) is 1.14. The number of hydrogen-bond acceptors (Lipinski definition) is 6. The van der Waals surface area contributed by atoms with Crippen LogP contribution in [0.1, 0.15) is 16.2 Å². The lowest BCUT2D eigenvalue weighted by Gasteiger charge is -2.04. The Bertz CT molecular complexity index is 619. The number of nitrogens with zero attached hydrogens (tertiary/aromatic N) is 2. The first-order valence-corrected chi connectivity index (χ1v) is 5.86. The van der Waals surface area contributed by atoms with Crippen LogP contribution in [0.3, 0.4) is 0 Å². The molecule has 0 aliphatic carbocycles. The molecule has 0 aliphatic rings. The highest BCUT2D eigenvalue weighted by atomic mass is 16.5. The van der Waals surface area contributed by atoms with E-state index in [9.17, 15) is 9.59 Å². The fraction of sp³-hybridized carbons (Fsp3) is 0.231. The molecule has 1 amide bonds. The molecule has 104 valence electrons. The van der Waals surface area contributed by atoms with Gasteiger partial charge in [-0.2, -0.15) is 4.98 Å². The molecule has 0 saturated carbocycles. The Labute approximate surface area is 114 Å². The molecule has 0 saturated heterocycles. The molecule has 7 heteroatoms. The zero-order valence-corrected chi connectivity index (χ0v) is 11.0. The molecule has 0 fully saturated rings. The molecule has 0 radical (unpaired) electrons. The summed E-state index contributed by atoms with van der Waals surface area (Å²) in [5.74, 6) is 0.0730. The summed E-state index contributed by atoms with van der Waals surface area (Å²) in [6, 6.07) is 6.61. The number of carbonyl (C=O) groups is 2. The first kappa shape index (κ1) is 13.7. The normalized spacial score (nSPS) is 10.1. The van der Waals surface area contributed by atoms with Crippen molar-refractivity contribution in [2.75, 3.05) is 13.7 Å². The lowest BCUT2D eigenvalue weighted by Crippen LogP contribution is -2.30. The first-order chi connectivity index (χ1) is 9.60. The number of ether oxygens (including phenoxy) is 1. The number of carbonyl (C=O) groups excluding carboxylic acids is 2. The second-order valence-corrected chi connectivity index (χ2v) is 3.98. The Morgan fingerprint density at radius 2 is 2.00 bits per heavy atom. The molecule has 2 aromatic rings. The van der Waals surface area contributed by atoms with Crippen LogP contribution in [-0.2, 0) is 9.53 Å². The monoisotopic (exact) mass is 275 g/mol. The van der Waals surface area contributed by atoms with Crippen molar-refractivity contribution < 1.29 is 18.8 Å². The molecule has 1 N–H and O–H groups in total. The van der Waals surface area contributed by atoms with Crippen LogP contribution < -0.4 is 5.32 Å². The fourth-order valence-corrected chi connectivity index (χ4v) is 1.51. The predicted molar refractivity (Wildman–Crippen MR) is 68.8 cm³/mol. The Balaban J connectivity index is 2.04. The van der Waals surface area contributed by atoms with Crippen LogP contribution >= 0.6 is 0 Å². The zero-order chi connectivity index (χ0) is 14.5. The van der Waals surface area contributed by atoms with Gasteiger partial charge in [0, 0.05) is 11.1 Å². The van der Waals surface area contributed by atoms with E-state index in [-0.39, 0.29) is 12.5 Å². The van der Waals surface area contributed by atoms with Crippen LogP contribution in [0, 0.1) is 6.92 Å². The van der Waals surface area contributed by atoms with E-state index >= 15 is 0 Å². The number of aryl methyl sites for hydroxylation is 1. The topological polar surface area (TPSA) is 94.3 Å². The van der Waals surface area contributed by atoms with Gasteiger partial charge in [0.15, 0.2) is 5.82 Å². The standard InChI is InChI=1S/C13H13N3O4/c1-8-15-13(20-16-8)10-5-3-9(4-6-10)12(18)14-7-11(17)19-2/h3-6H,7H2,1-2H3,(H,14,18). The summed E-state index contributed by atoms with van der Waals surface area (Å²) in [5, 5.41) is 6.14. The molecule has 0 bridgehead atoms. The molecule has 1 heterocycles. The Hall–Kier alpha value is -2.70. The van der Waals surface area contributed by atoms with Gasteiger partial charge < -0.3 is 14.6 Å². The Morgan fingerprint density at radius 3 is 2.55 bits per heavy atom. The van der Waals surface area contributed by atoms with E-state index in [0.717, 1.165) is 5.56 Å². The van der Waals surface area contributed by atoms with Crippen molar-refractivity contribution in [1.29, 1.82) is 0 Å². The molecule has 2 rings (SSSR count). The van der Waals surface area contributed by atoms with Gasteiger partial charge in [-0.25, -0.2) is 0 Å². The van der Waals surface area contributed by atoms with E-state index in [4.69, 9.17) is 4.52 Å². The van der Waals surface area contributed by atoms with Gasteiger partial charge in [-0.05, 0) is 31.2 Å². The predicted octanol–water partition coefficient (Wildman–Crippen LogP) is 0.948. The smallest absolute Gasteiger partial charge is 0.325 e. The van der Waals surface area contributed by atoms with Crippen LogP contribution in [0.15, 0.2) is 28.8 Å². The summed E-state index contributed by atoms with van der Waals surface area (Å²) in [6.45, 7) is 1.56. The number of nitrogens with one attached hydrogen (secondary N) is 1. The zero-order valence-electron chi connectivity index (χ0n) is 11.0. The van der Waals surface area contributed by atoms with E-state index < -0.39 is 5.97 Å². The summed E-state index contributed by atoms with van der Waals surface area (Å²) >= 11 is 0. The maximum Gasteiger partial charge on any atom is 0.325 e. The Kier molecular flexibility index (Phi) is 4.09. The van der Waals surface area contributed by atoms with E-state index in [1.54, 1.807) is 31.2 Å². The largest absolute Gasteiger partial charge is 0.468 e. The van der Waals surface area contributed by atoms with Crippen LogP contribution in [-0.4, -0.2) is 35.7 Å². The first-order valence-electron chi connectivity index (χ1n) is 5.86. The minimum absolute atomic E-state index is 0.167. The van der Waals surface area contributed by atoms with Crippen LogP contribution in [0.5, 0.6) is 0 Å². The Morgan fingerprint density at radius 1 is 1.30 bits per heavy atom. The molecule has 0 atom stereocenters. The highest BCUT2D eigenvalue weighted by Gasteiger charge is 2.10. The van der Waals surface area contributed by atoms with Crippen LogP contribution in [0.2, 0.25) is 0 Å². The molecule has 20 heavy (non-hydrogen) atoms. The quantitative estimate of drug-likeness (QED) is 0.835. The summed E-state index contributed by atoms with van der Waals surface area (Å²) in [7, 11) is 1.26. The number of amides is 1. The molecule has 1 aromatic carbocycles. The van der Waals surface area contributed by atoms with Gasteiger partial charge in [-0.1, -0.05) is 5.16 Å². The van der Waals surface area contributed by atoms with Gasteiger partial charge >= 0.3 is 5.97 Å². The molecule has 0 unspecified atom stereocenters. The van der Waals surface area contributed by atoms with Crippen molar-refractivity contribution in [2.45, 2.75) is 6.92 Å². The van der Waals surface area contributed by atoms with E-state index in [0.29, 0.717) is 17.3 Å². The van der Waals surface area contributed by atoms with Crippen molar-refractivity contribution in [3.8, 4) is 11.5 Å². The van der Waals surface area contributed by atoms with Gasteiger partial charge in [-0.3, -0.25) is 9.59 Å². The maximum atomic E-state index is 11.7. The van der Waals surface area contributed by atoms with Gasteiger partial charge in [0.25, 0.3) is 11.8 Å². The van der Waals surface area contributed by atoms with Gasteiger partial charge in [-0.15, -0.1) is 0 Å². The van der Waals surface area contributed by atoms with Crippen molar-refractivity contribution in [3.63, 3.8) is 0 Å². The van der Waals surface area contributed by atoms with Gasteiger partial charge in [0.2, 0.25) is 0 Å². The van der Waals surface area contributed by atoms with Crippen molar-refractivity contribution in [2.24, 2.45) is 0 Å². The van der Waals surface area contributed by atoms with E-state index in [1.165, 1.54) is 7.11 Å².